The third-order valence-electron chi connectivity index (χ3n) is 3.61. The fraction of sp³-hybridized carbons (Fsp3) is 0.688. The molecule has 7 heteroatoms. The van der Waals surface area contributed by atoms with Gasteiger partial charge in [-0.05, 0) is 24.7 Å². The highest BCUT2D eigenvalue weighted by Crippen LogP contribution is 2.27. The van der Waals surface area contributed by atoms with E-state index in [9.17, 15) is 14.4 Å². The van der Waals surface area contributed by atoms with E-state index in [1.165, 1.54) is 13.2 Å². The Kier molecular flexibility index (Phi) is 6.60. The van der Waals surface area contributed by atoms with Crippen LogP contribution in [0.3, 0.4) is 0 Å². The van der Waals surface area contributed by atoms with Crippen LogP contribution in [-0.4, -0.2) is 47.1 Å². The van der Waals surface area contributed by atoms with Gasteiger partial charge in [0.25, 0.3) is 11.8 Å². The van der Waals surface area contributed by atoms with E-state index < -0.39 is 30.0 Å². The van der Waals surface area contributed by atoms with Crippen molar-refractivity contribution in [2.24, 2.45) is 11.8 Å². The van der Waals surface area contributed by atoms with Gasteiger partial charge in [-0.15, -0.1) is 0 Å². The van der Waals surface area contributed by atoms with Crippen LogP contribution in [0.5, 0.6) is 0 Å². The number of imide groups is 1. The van der Waals surface area contributed by atoms with Crippen LogP contribution >= 0.6 is 0 Å². The first kappa shape index (κ1) is 19.0. The van der Waals surface area contributed by atoms with Crippen molar-refractivity contribution in [2.75, 3.05) is 7.11 Å². The molecule has 1 aliphatic heterocycles. The van der Waals surface area contributed by atoms with Crippen molar-refractivity contribution in [3.63, 3.8) is 0 Å². The Labute approximate surface area is 136 Å². The van der Waals surface area contributed by atoms with E-state index in [1.54, 1.807) is 0 Å². The summed E-state index contributed by atoms with van der Waals surface area (Å²) in [5.41, 5.74) is 0. The molecule has 0 fully saturated rings. The highest BCUT2D eigenvalue weighted by molar-refractivity contribution is 6.06. The van der Waals surface area contributed by atoms with Gasteiger partial charge in [-0.2, -0.15) is 0 Å². The van der Waals surface area contributed by atoms with Gasteiger partial charge in [-0.3, -0.25) is 14.5 Å². The number of carbonyl (C=O) groups excluding carboxylic acids is 2. The lowest BCUT2D eigenvalue weighted by Crippen LogP contribution is -2.52. The van der Waals surface area contributed by atoms with Gasteiger partial charge < -0.3 is 15.2 Å². The number of carboxylic acid groups (broad SMARTS) is 1. The topological polar surface area (TPSA) is 95.9 Å². The lowest BCUT2D eigenvalue weighted by molar-refractivity contribution is -0.145. The summed E-state index contributed by atoms with van der Waals surface area (Å²) in [7, 11) is 1.46. The predicted octanol–water partition coefficient (Wildman–Crippen LogP) is 1.98. The molecular weight excluding hydrogens is 300 g/mol. The van der Waals surface area contributed by atoms with Gasteiger partial charge in [0.1, 0.15) is 11.8 Å². The Morgan fingerprint density at radius 2 is 1.91 bits per heavy atom. The van der Waals surface area contributed by atoms with Gasteiger partial charge in [0.15, 0.2) is 0 Å². The molecule has 0 aliphatic carbocycles. The number of nitrogens with zero attached hydrogens (tertiary/aromatic N) is 1. The number of rotatable bonds is 7. The van der Waals surface area contributed by atoms with Crippen molar-refractivity contribution < 1.29 is 24.2 Å². The van der Waals surface area contributed by atoms with Gasteiger partial charge >= 0.3 is 6.09 Å². The van der Waals surface area contributed by atoms with Gasteiger partial charge in [-0.25, -0.2) is 4.79 Å². The SMILES string of the molecule is COC1=CC(=O)N(C(=O)[C@@H](CC(C)C)NC(=O)O)[C@H]1CC(C)C. The van der Waals surface area contributed by atoms with Crippen molar-refractivity contribution in [3.8, 4) is 0 Å². The number of amides is 3. The fourth-order valence-corrected chi connectivity index (χ4v) is 2.70. The van der Waals surface area contributed by atoms with E-state index in [0.717, 1.165) is 4.90 Å². The van der Waals surface area contributed by atoms with Crippen molar-refractivity contribution in [3.05, 3.63) is 11.8 Å². The van der Waals surface area contributed by atoms with E-state index in [1.807, 2.05) is 27.7 Å². The second-order valence-electron chi connectivity index (χ2n) is 6.57. The molecule has 0 saturated carbocycles. The van der Waals surface area contributed by atoms with Crippen LogP contribution in [0.25, 0.3) is 0 Å². The summed E-state index contributed by atoms with van der Waals surface area (Å²) in [6, 6.07) is -1.43. The second kappa shape index (κ2) is 7.99. The molecule has 0 unspecified atom stereocenters. The molecule has 2 N–H and O–H groups in total. The summed E-state index contributed by atoms with van der Waals surface area (Å²) in [5.74, 6) is -0.197. The molecule has 1 rings (SSSR count). The molecule has 1 heterocycles. The maximum Gasteiger partial charge on any atom is 0.405 e. The first-order valence-electron chi connectivity index (χ1n) is 7.79. The summed E-state index contributed by atoms with van der Waals surface area (Å²) >= 11 is 0. The fourth-order valence-electron chi connectivity index (χ4n) is 2.70. The number of hydrogen-bond donors (Lipinski definition) is 2. The number of nitrogens with one attached hydrogen (secondary N) is 1. The van der Waals surface area contributed by atoms with Crippen molar-refractivity contribution in [1.82, 2.24) is 10.2 Å². The summed E-state index contributed by atoms with van der Waals surface area (Å²) < 4.78 is 5.23. The molecule has 7 nitrogen and oxygen atoms in total. The number of methoxy groups -OCH3 is 1. The third kappa shape index (κ3) is 4.97. The predicted molar refractivity (Wildman–Crippen MR) is 84.6 cm³/mol. The van der Waals surface area contributed by atoms with Crippen molar-refractivity contribution in [2.45, 2.75) is 52.6 Å². The average molecular weight is 326 g/mol. The molecule has 23 heavy (non-hydrogen) atoms. The smallest absolute Gasteiger partial charge is 0.405 e. The zero-order valence-electron chi connectivity index (χ0n) is 14.3. The standard InChI is InChI=1S/C16H26N2O5/c1-9(2)6-11(17-16(21)22)15(20)18-12(7-10(3)4)13(23-5)8-14(18)19/h8-12,17H,6-7H2,1-5H3,(H,21,22)/t11-,12+/m1/s1. The van der Waals surface area contributed by atoms with Crippen LogP contribution in [0.4, 0.5) is 4.79 Å². The monoisotopic (exact) mass is 326 g/mol. The molecule has 0 aromatic rings. The largest absolute Gasteiger partial charge is 0.499 e. The molecule has 3 amide bonds. The molecule has 0 radical (unpaired) electrons. The summed E-state index contributed by atoms with van der Waals surface area (Å²) in [6.45, 7) is 7.75. The van der Waals surface area contributed by atoms with E-state index in [0.29, 0.717) is 18.6 Å². The second-order valence-corrected chi connectivity index (χ2v) is 6.57. The van der Waals surface area contributed by atoms with Crippen LogP contribution in [0, 0.1) is 11.8 Å². The molecule has 0 aromatic heterocycles. The minimum atomic E-state index is -1.28. The van der Waals surface area contributed by atoms with E-state index in [4.69, 9.17) is 9.84 Å². The minimum Gasteiger partial charge on any atom is -0.499 e. The Morgan fingerprint density at radius 1 is 1.30 bits per heavy atom. The van der Waals surface area contributed by atoms with Crippen LogP contribution in [0.1, 0.15) is 40.5 Å². The van der Waals surface area contributed by atoms with Crippen molar-refractivity contribution in [1.29, 1.82) is 0 Å². The summed E-state index contributed by atoms with van der Waals surface area (Å²) in [4.78, 5) is 37.1. The van der Waals surface area contributed by atoms with Crippen LogP contribution < -0.4 is 5.32 Å². The van der Waals surface area contributed by atoms with E-state index in [2.05, 4.69) is 5.32 Å². The normalized spacial score (nSPS) is 19.1. The Bertz CT molecular complexity index is 499. The van der Waals surface area contributed by atoms with Gasteiger partial charge in [0, 0.05) is 6.08 Å². The van der Waals surface area contributed by atoms with E-state index in [-0.39, 0.29) is 11.8 Å². The number of hydrogen-bond acceptors (Lipinski definition) is 4. The van der Waals surface area contributed by atoms with Crippen LogP contribution in [0.15, 0.2) is 11.8 Å². The van der Waals surface area contributed by atoms with Crippen molar-refractivity contribution >= 4 is 17.9 Å². The number of ether oxygens (including phenoxy) is 1. The first-order valence-corrected chi connectivity index (χ1v) is 7.79. The lowest BCUT2D eigenvalue weighted by Gasteiger charge is -2.30. The van der Waals surface area contributed by atoms with Gasteiger partial charge in [0.05, 0.1) is 13.2 Å². The molecular formula is C16H26N2O5. The van der Waals surface area contributed by atoms with Gasteiger partial charge in [-0.1, -0.05) is 27.7 Å². The maximum absolute atomic E-state index is 12.8. The molecule has 2 atom stereocenters. The summed E-state index contributed by atoms with van der Waals surface area (Å²) in [6.07, 6.45) is 0.915. The molecule has 1 aliphatic rings. The minimum absolute atomic E-state index is 0.104. The summed E-state index contributed by atoms with van der Waals surface area (Å²) in [5, 5.41) is 11.2. The first-order chi connectivity index (χ1) is 10.7. The average Bonchev–Trinajstić information content (AvgIpc) is 2.71. The third-order valence-corrected chi connectivity index (χ3v) is 3.61. The van der Waals surface area contributed by atoms with Gasteiger partial charge in [0.2, 0.25) is 0 Å². The molecule has 0 aromatic carbocycles. The Hall–Kier alpha value is -2.05. The molecule has 0 saturated heterocycles. The lowest BCUT2D eigenvalue weighted by atomic mass is 9.99. The van der Waals surface area contributed by atoms with Crippen LogP contribution in [0.2, 0.25) is 0 Å². The molecule has 130 valence electrons. The number of carbonyl (C=O) groups is 3. The highest BCUT2D eigenvalue weighted by Gasteiger charge is 2.41. The quantitative estimate of drug-likeness (QED) is 0.746. The molecule has 0 spiro atoms. The van der Waals surface area contributed by atoms with E-state index >= 15 is 0 Å². The maximum atomic E-state index is 12.8. The zero-order valence-corrected chi connectivity index (χ0v) is 14.3. The Balaban J connectivity index is 3.04. The van der Waals surface area contributed by atoms with Crippen LogP contribution in [-0.2, 0) is 14.3 Å². The molecule has 0 bridgehead atoms. The highest BCUT2D eigenvalue weighted by atomic mass is 16.5. The Morgan fingerprint density at radius 3 is 2.35 bits per heavy atom. The zero-order chi connectivity index (χ0) is 17.7.